The molecule has 6 nitrogen and oxygen atoms in total. The van der Waals surface area contributed by atoms with Crippen molar-refractivity contribution in [3.05, 3.63) is 109 Å². The smallest absolute Gasteiger partial charge is 0.306 e. The summed E-state index contributed by atoms with van der Waals surface area (Å²) < 4.78 is 11.6. The fraction of sp³-hybridized carbons (Fsp3) is 0. The fourth-order valence-electron chi connectivity index (χ4n) is 3.72. The molecule has 0 spiro atoms. The van der Waals surface area contributed by atoms with E-state index in [1.54, 1.807) is 0 Å². The van der Waals surface area contributed by atoms with E-state index in [1.807, 2.05) is 84.9 Å². The first-order valence-electron chi connectivity index (χ1n) is 10.8. The van der Waals surface area contributed by atoms with E-state index in [9.17, 15) is 0 Å². The number of hydrogen-bond donors (Lipinski definition) is 0. The van der Waals surface area contributed by atoms with Crippen LogP contribution in [0.5, 0.6) is 0 Å². The molecule has 34 heavy (non-hydrogen) atoms. The van der Waals surface area contributed by atoms with E-state index in [1.165, 1.54) is 0 Å². The van der Waals surface area contributed by atoms with Gasteiger partial charge in [0.25, 0.3) is 0 Å². The van der Waals surface area contributed by atoms with E-state index in [0.717, 1.165) is 33.4 Å². The normalized spacial score (nSPS) is 10.9. The predicted molar refractivity (Wildman–Crippen MR) is 129 cm³/mol. The molecule has 0 aliphatic rings. The summed E-state index contributed by atoms with van der Waals surface area (Å²) in [5, 5.41) is 16.5. The summed E-state index contributed by atoms with van der Waals surface area (Å²) in [6.45, 7) is 0. The lowest BCUT2D eigenvalue weighted by atomic mass is 10.0. The quantitative estimate of drug-likeness (QED) is 0.293. The predicted octanol–water partition coefficient (Wildman–Crippen LogP) is 6.79. The lowest BCUT2D eigenvalue weighted by Gasteiger charge is -2.02. The second-order valence-electron chi connectivity index (χ2n) is 7.71. The van der Waals surface area contributed by atoms with Gasteiger partial charge in [0.15, 0.2) is 0 Å². The molecular formula is C28H18N4O2. The van der Waals surface area contributed by atoms with Crippen molar-refractivity contribution in [2.75, 3.05) is 0 Å². The van der Waals surface area contributed by atoms with E-state index in [2.05, 4.69) is 44.7 Å². The first-order valence-corrected chi connectivity index (χ1v) is 10.8. The van der Waals surface area contributed by atoms with E-state index in [0.29, 0.717) is 11.8 Å². The van der Waals surface area contributed by atoms with Crippen LogP contribution in [0.4, 0.5) is 0 Å². The molecule has 6 heteroatoms. The summed E-state index contributed by atoms with van der Waals surface area (Å²) in [5.41, 5.74) is 6.16. The SMILES string of the molecule is c1ccc(-c2ccc(-c3nnc(-c4nnc(-c5ccc(-c6ccccc6)cc5)o4)o3)cc2)cc1. The molecule has 2 aromatic heterocycles. The average molecular weight is 442 g/mol. The largest absolute Gasteiger partial charge is 0.412 e. The van der Waals surface area contributed by atoms with E-state index in [-0.39, 0.29) is 11.8 Å². The molecule has 0 N–H and O–H groups in total. The molecule has 0 radical (unpaired) electrons. The van der Waals surface area contributed by atoms with E-state index < -0.39 is 0 Å². The summed E-state index contributed by atoms with van der Waals surface area (Å²) in [7, 11) is 0. The molecule has 0 bridgehead atoms. The summed E-state index contributed by atoms with van der Waals surface area (Å²) >= 11 is 0. The highest BCUT2D eigenvalue weighted by Gasteiger charge is 2.18. The van der Waals surface area contributed by atoms with Gasteiger partial charge in [0.2, 0.25) is 11.8 Å². The Balaban J connectivity index is 1.21. The standard InChI is InChI=1S/C28H18N4O2/c1-3-7-19(8-4-1)21-11-15-23(16-12-21)25-29-31-27(33-25)28-32-30-26(34-28)24-17-13-22(14-18-24)20-9-5-2-6-10-20/h1-18H. The summed E-state index contributed by atoms with van der Waals surface area (Å²) in [5.74, 6) is 1.15. The monoisotopic (exact) mass is 442 g/mol. The molecule has 0 atom stereocenters. The molecule has 0 aliphatic heterocycles. The van der Waals surface area contributed by atoms with Crippen LogP contribution in [-0.4, -0.2) is 20.4 Å². The van der Waals surface area contributed by atoms with Gasteiger partial charge in [0, 0.05) is 11.1 Å². The summed E-state index contributed by atoms with van der Waals surface area (Å²) in [6, 6.07) is 36.3. The zero-order valence-electron chi connectivity index (χ0n) is 18.0. The topological polar surface area (TPSA) is 77.8 Å². The number of aromatic nitrogens is 4. The second-order valence-corrected chi connectivity index (χ2v) is 7.71. The van der Waals surface area contributed by atoms with Gasteiger partial charge in [-0.15, -0.1) is 20.4 Å². The Labute approximate surface area is 195 Å². The van der Waals surface area contributed by atoms with Crippen molar-refractivity contribution in [1.82, 2.24) is 20.4 Å². The zero-order valence-corrected chi connectivity index (χ0v) is 18.0. The van der Waals surface area contributed by atoms with Crippen molar-refractivity contribution in [3.63, 3.8) is 0 Å². The Kier molecular flexibility index (Phi) is 5.01. The van der Waals surface area contributed by atoms with Gasteiger partial charge in [-0.05, 0) is 46.5 Å². The first kappa shape index (κ1) is 19.8. The molecule has 0 saturated carbocycles. The molecule has 6 rings (SSSR count). The number of hydrogen-bond acceptors (Lipinski definition) is 6. The Morgan fingerprint density at radius 2 is 0.588 bits per heavy atom. The fourth-order valence-corrected chi connectivity index (χ4v) is 3.72. The van der Waals surface area contributed by atoms with Gasteiger partial charge in [-0.1, -0.05) is 84.9 Å². The highest BCUT2D eigenvalue weighted by molar-refractivity contribution is 5.68. The van der Waals surface area contributed by atoms with Crippen molar-refractivity contribution in [1.29, 1.82) is 0 Å². The van der Waals surface area contributed by atoms with Gasteiger partial charge in [-0.25, -0.2) is 0 Å². The lowest BCUT2D eigenvalue weighted by molar-refractivity contribution is 0.522. The van der Waals surface area contributed by atoms with Crippen molar-refractivity contribution in [3.8, 4) is 56.9 Å². The highest BCUT2D eigenvalue weighted by atomic mass is 16.4. The molecule has 0 unspecified atom stereocenters. The maximum Gasteiger partial charge on any atom is 0.306 e. The van der Waals surface area contributed by atoms with Crippen LogP contribution in [0.15, 0.2) is 118 Å². The lowest BCUT2D eigenvalue weighted by Crippen LogP contribution is -1.80. The third-order valence-electron chi connectivity index (χ3n) is 5.51. The Bertz CT molecular complexity index is 1400. The maximum atomic E-state index is 5.81. The van der Waals surface area contributed by atoms with Crippen LogP contribution < -0.4 is 0 Å². The molecule has 0 aliphatic carbocycles. The van der Waals surface area contributed by atoms with Crippen LogP contribution in [0.1, 0.15) is 0 Å². The third-order valence-corrected chi connectivity index (χ3v) is 5.51. The van der Waals surface area contributed by atoms with Crippen molar-refractivity contribution in [2.24, 2.45) is 0 Å². The Hall–Kier alpha value is -4.84. The molecular weight excluding hydrogens is 424 g/mol. The minimum atomic E-state index is 0.182. The average Bonchev–Trinajstić information content (AvgIpc) is 3.61. The number of benzene rings is 4. The van der Waals surface area contributed by atoms with Gasteiger partial charge < -0.3 is 8.83 Å². The van der Waals surface area contributed by atoms with Crippen molar-refractivity contribution in [2.45, 2.75) is 0 Å². The number of nitrogens with zero attached hydrogens (tertiary/aromatic N) is 4. The van der Waals surface area contributed by atoms with Gasteiger partial charge >= 0.3 is 11.8 Å². The van der Waals surface area contributed by atoms with Gasteiger partial charge in [-0.3, -0.25) is 0 Å². The molecule has 0 amide bonds. The van der Waals surface area contributed by atoms with Gasteiger partial charge in [-0.2, -0.15) is 0 Å². The van der Waals surface area contributed by atoms with Crippen LogP contribution >= 0.6 is 0 Å². The van der Waals surface area contributed by atoms with Crippen molar-refractivity contribution >= 4 is 0 Å². The molecule has 6 aromatic rings. The summed E-state index contributed by atoms with van der Waals surface area (Å²) in [6.07, 6.45) is 0. The molecule has 0 fully saturated rings. The van der Waals surface area contributed by atoms with Crippen LogP contribution in [0, 0.1) is 0 Å². The second kappa shape index (κ2) is 8.60. The molecule has 162 valence electrons. The van der Waals surface area contributed by atoms with Crippen LogP contribution in [0.25, 0.3) is 56.9 Å². The summed E-state index contributed by atoms with van der Waals surface area (Å²) in [4.78, 5) is 0. The van der Waals surface area contributed by atoms with Gasteiger partial charge in [0.05, 0.1) is 0 Å². The van der Waals surface area contributed by atoms with E-state index >= 15 is 0 Å². The minimum Gasteiger partial charge on any atom is -0.412 e. The van der Waals surface area contributed by atoms with Crippen LogP contribution in [-0.2, 0) is 0 Å². The van der Waals surface area contributed by atoms with E-state index in [4.69, 9.17) is 8.83 Å². The van der Waals surface area contributed by atoms with Gasteiger partial charge in [0.1, 0.15) is 0 Å². The Morgan fingerprint density at radius 3 is 0.971 bits per heavy atom. The maximum absolute atomic E-state index is 5.81. The van der Waals surface area contributed by atoms with Crippen LogP contribution in [0.3, 0.4) is 0 Å². The number of rotatable bonds is 5. The molecule has 2 heterocycles. The Morgan fingerprint density at radius 1 is 0.294 bits per heavy atom. The van der Waals surface area contributed by atoms with Crippen LogP contribution in [0.2, 0.25) is 0 Å². The highest BCUT2D eigenvalue weighted by Crippen LogP contribution is 2.29. The molecule has 0 saturated heterocycles. The molecule has 4 aromatic carbocycles. The minimum absolute atomic E-state index is 0.182. The third kappa shape index (κ3) is 3.89. The zero-order chi connectivity index (χ0) is 22.7. The van der Waals surface area contributed by atoms with Crippen molar-refractivity contribution < 1.29 is 8.83 Å². The first-order chi connectivity index (χ1) is 16.8.